The second-order valence-electron chi connectivity index (χ2n) is 8.91. The van der Waals surface area contributed by atoms with Gasteiger partial charge >= 0.3 is 12.1 Å². The molecular weight excluding hydrogens is 436 g/mol. The fourth-order valence-corrected chi connectivity index (χ4v) is 5.33. The molecule has 0 aliphatic carbocycles. The van der Waals surface area contributed by atoms with Gasteiger partial charge in [-0.25, -0.2) is 24.6 Å². The Kier molecular flexibility index (Phi) is 5.53. The molecule has 4 heterocycles. The molecule has 4 aliphatic rings. The Morgan fingerprint density at radius 3 is 2.72 bits per heavy atom. The number of hydrazine groups is 1. The van der Waals surface area contributed by atoms with E-state index in [4.69, 9.17) is 4.74 Å². The number of alkyl carbamates (subject to hydrolysis) is 1. The van der Waals surface area contributed by atoms with Gasteiger partial charge in [0.2, 0.25) is 5.96 Å². The van der Waals surface area contributed by atoms with Crippen molar-refractivity contribution in [3.8, 4) is 0 Å². The summed E-state index contributed by atoms with van der Waals surface area (Å²) in [6.07, 6.45) is 1.23. The Morgan fingerprint density at radius 2 is 2.06 bits per heavy atom. The molecule has 2 N–H and O–H groups in total. The number of aliphatic imine (C=N–C) groups is 2. The van der Waals surface area contributed by atoms with Crippen molar-refractivity contribution in [2.75, 3.05) is 19.0 Å². The lowest BCUT2D eigenvalue weighted by Gasteiger charge is -2.49. The van der Waals surface area contributed by atoms with Gasteiger partial charge in [0, 0.05) is 23.7 Å². The van der Waals surface area contributed by atoms with Crippen LogP contribution in [0.2, 0.25) is 0 Å². The third-order valence-corrected chi connectivity index (χ3v) is 6.51. The number of nitrogens with one attached hydrogen (secondary N) is 1. The summed E-state index contributed by atoms with van der Waals surface area (Å²) in [5, 5.41) is 15.7. The van der Waals surface area contributed by atoms with Gasteiger partial charge in [0.1, 0.15) is 29.4 Å². The molecule has 0 spiro atoms. The highest BCUT2D eigenvalue weighted by molar-refractivity contribution is 8.00. The van der Waals surface area contributed by atoms with Crippen LogP contribution in [-0.4, -0.2) is 85.6 Å². The number of amides is 2. The van der Waals surface area contributed by atoms with E-state index in [9.17, 15) is 19.5 Å². The zero-order valence-corrected chi connectivity index (χ0v) is 19.4. The van der Waals surface area contributed by atoms with E-state index in [0.29, 0.717) is 30.5 Å². The molecule has 0 unspecified atom stereocenters. The number of allylic oxidation sites excluding steroid dienone is 2. The Labute approximate surface area is 189 Å². The zero-order valence-electron chi connectivity index (χ0n) is 18.6. The molecule has 1 saturated heterocycles. The SMILES string of the molecule is CC1=CC(C)=NC2=NCN(CC3=C(C(=O)O)N4C(=O)[C@@H](NC(=O)OC(C)(C)C)[C@@H]4SC3)N12. The molecule has 2 amide bonds. The number of hydrogen-bond donors (Lipinski definition) is 2. The van der Waals surface area contributed by atoms with Crippen molar-refractivity contribution in [3.63, 3.8) is 0 Å². The van der Waals surface area contributed by atoms with E-state index >= 15 is 0 Å². The largest absolute Gasteiger partial charge is 0.477 e. The Morgan fingerprint density at radius 1 is 1.34 bits per heavy atom. The van der Waals surface area contributed by atoms with Crippen molar-refractivity contribution < 1.29 is 24.2 Å². The molecule has 0 aromatic heterocycles. The Balaban J connectivity index is 1.50. The average molecular weight is 463 g/mol. The number of carboxylic acid groups (broad SMARTS) is 1. The number of nitrogens with zero attached hydrogens (tertiary/aromatic N) is 5. The zero-order chi connectivity index (χ0) is 23.4. The predicted octanol–water partition coefficient (Wildman–Crippen LogP) is 1.36. The molecule has 12 heteroatoms. The molecule has 0 aromatic carbocycles. The topological polar surface area (TPSA) is 127 Å². The van der Waals surface area contributed by atoms with Crippen molar-refractivity contribution in [2.24, 2.45) is 9.98 Å². The van der Waals surface area contributed by atoms with Gasteiger partial charge in [-0.15, -0.1) is 11.8 Å². The second kappa shape index (κ2) is 7.93. The van der Waals surface area contributed by atoms with Crippen LogP contribution in [0.15, 0.2) is 33.0 Å². The minimum Gasteiger partial charge on any atom is -0.477 e. The molecule has 0 aromatic rings. The predicted molar refractivity (Wildman–Crippen MR) is 119 cm³/mol. The summed E-state index contributed by atoms with van der Waals surface area (Å²) in [5.74, 6) is -0.652. The molecule has 0 bridgehead atoms. The summed E-state index contributed by atoms with van der Waals surface area (Å²) in [6, 6.07) is -0.822. The van der Waals surface area contributed by atoms with E-state index in [1.54, 1.807) is 20.8 Å². The molecule has 4 rings (SSSR count). The summed E-state index contributed by atoms with van der Waals surface area (Å²) in [4.78, 5) is 47.1. The number of carboxylic acids is 1. The summed E-state index contributed by atoms with van der Waals surface area (Å²) < 4.78 is 5.22. The number of carbonyl (C=O) groups excluding carboxylic acids is 2. The maximum Gasteiger partial charge on any atom is 0.408 e. The fourth-order valence-electron chi connectivity index (χ4n) is 4.00. The van der Waals surface area contributed by atoms with Crippen molar-refractivity contribution in [2.45, 2.75) is 51.6 Å². The maximum atomic E-state index is 12.8. The molecule has 0 radical (unpaired) electrons. The third kappa shape index (κ3) is 3.99. The molecule has 0 saturated carbocycles. The van der Waals surface area contributed by atoms with E-state index in [1.807, 2.05) is 29.9 Å². The van der Waals surface area contributed by atoms with E-state index in [1.165, 1.54) is 16.7 Å². The van der Waals surface area contributed by atoms with Crippen LogP contribution in [0.4, 0.5) is 4.79 Å². The summed E-state index contributed by atoms with van der Waals surface area (Å²) in [6.45, 7) is 9.66. The first-order chi connectivity index (χ1) is 15.0. The highest BCUT2D eigenvalue weighted by Gasteiger charge is 2.54. The molecule has 1 fully saturated rings. The molecular formula is C20H26N6O5S. The van der Waals surface area contributed by atoms with E-state index in [2.05, 4.69) is 15.3 Å². The lowest BCUT2D eigenvalue weighted by atomic mass is 10.0. The summed E-state index contributed by atoms with van der Waals surface area (Å²) >= 11 is 1.42. The van der Waals surface area contributed by atoms with Crippen LogP contribution in [0.3, 0.4) is 0 Å². The smallest absolute Gasteiger partial charge is 0.408 e. The van der Waals surface area contributed by atoms with Gasteiger partial charge in [0.15, 0.2) is 0 Å². The van der Waals surface area contributed by atoms with Crippen LogP contribution < -0.4 is 5.32 Å². The Bertz CT molecular complexity index is 1010. The first-order valence-corrected chi connectivity index (χ1v) is 11.2. The van der Waals surface area contributed by atoms with Gasteiger partial charge in [0.25, 0.3) is 5.91 Å². The van der Waals surface area contributed by atoms with Gasteiger partial charge in [-0.3, -0.25) is 9.69 Å². The first-order valence-electron chi connectivity index (χ1n) is 10.2. The number of β-lactam (4-membered cyclic amide) rings is 1. The number of fused-ring (bicyclic) bond motifs is 2. The van der Waals surface area contributed by atoms with Crippen LogP contribution in [0.1, 0.15) is 34.6 Å². The highest BCUT2D eigenvalue weighted by atomic mass is 32.2. The van der Waals surface area contributed by atoms with Gasteiger partial charge in [-0.05, 0) is 46.3 Å². The fraction of sp³-hybridized carbons (Fsp3) is 0.550. The van der Waals surface area contributed by atoms with Crippen LogP contribution in [0.25, 0.3) is 0 Å². The minimum atomic E-state index is -1.17. The maximum absolute atomic E-state index is 12.8. The van der Waals surface area contributed by atoms with Crippen molar-refractivity contribution >= 4 is 41.4 Å². The van der Waals surface area contributed by atoms with Crippen LogP contribution in [0, 0.1) is 0 Å². The molecule has 32 heavy (non-hydrogen) atoms. The molecule has 2 atom stereocenters. The number of aliphatic carboxylic acids is 1. The second-order valence-corrected chi connectivity index (χ2v) is 10.0. The quantitative estimate of drug-likeness (QED) is 0.600. The monoisotopic (exact) mass is 462 g/mol. The van der Waals surface area contributed by atoms with Gasteiger partial charge in [-0.2, -0.15) is 5.01 Å². The van der Waals surface area contributed by atoms with E-state index in [0.717, 1.165) is 11.4 Å². The number of rotatable bonds is 4. The number of guanidine groups is 1. The number of thioether (sulfide) groups is 1. The van der Waals surface area contributed by atoms with Crippen LogP contribution in [-0.2, 0) is 14.3 Å². The summed E-state index contributed by atoms with van der Waals surface area (Å²) in [5.41, 5.74) is 1.67. The molecule has 4 aliphatic heterocycles. The first kappa shape index (κ1) is 22.3. The highest BCUT2D eigenvalue weighted by Crippen LogP contribution is 2.41. The minimum absolute atomic E-state index is 0.0345. The summed E-state index contributed by atoms with van der Waals surface area (Å²) in [7, 11) is 0. The van der Waals surface area contributed by atoms with Gasteiger partial charge < -0.3 is 15.2 Å². The van der Waals surface area contributed by atoms with Crippen molar-refractivity contribution in [3.05, 3.63) is 23.0 Å². The normalized spacial score (nSPS) is 25.4. The molecule has 11 nitrogen and oxygen atoms in total. The Hall–Kier alpha value is -2.86. The van der Waals surface area contributed by atoms with Gasteiger partial charge in [0.05, 0.1) is 0 Å². The van der Waals surface area contributed by atoms with E-state index < -0.39 is 35.0 Å². The van der Waals surface area contributed by atoms with Crippen molar-refractivity contribution in [1.29, 1.82) is 0 Å². The van der Waals surface area contributed by atoms with Crippen molar-refractivity contribution in [1.82, 2.24) is 20.2 Å². The number of carbonyl (C=O) groups is 3. The van der Waals surface area contributed by atoms with Crippen LogP contribution >= 0.6 is 11.8 Å². The van der Waals surface area contributed by atoms with E-state index in [-0.39, 0.29) is 5.70 Å². The number of ether oxygens (including phenoxy) is 1. The number of hydrogen-bond acceptors (Lipinski definition) is 9. The van der Waals surface area contributed by atoms with Gasteiger partial charge in [-0.1, -0.05) is 0 Å². The standard InChI is InChI=1S/C20H26N6O5S/c1-10-6-11(2)26-18(22-10)21-9-24(26)7-12-8-32-16-13(23-19(30)31-20(3,4)5)15(27)25(16)14(12)17(28)29/h6,13,16H,7-9H2,1-5H3,(H,23,30)(H,28,29)/t13-,16+/m1/s1. The third-order valence-electron chi connectivity index (χ3n) is 5.17. The molecule has 172 valence electrons. The van der Waals surface area contributed by atoms with Crippen LogP contribution in [0.5, 0.6) is 0 Å². The lowest BCUT2D eigenvalue weighted by Crippen LogP contribution is -2.71. The average Bonchev–Trinajstić information content (AvgIpc) is 3.06. The lowest BCUT2D eigenvalue weighted by molar-refractivity contribution is -0.149.